The molecule has 0 fully saturated rings. The summed E-state index contributed by atoms with van der Waals surface area (Å²) in [5.41, 5.74) is 4.75. The molecule has 1 heterocycles. The molecule has 2 amide bonds. The number of hydrogen-bond donors (Lipinski definition) is 2. The van der Waals surface area contributed by atoms with Crippen LogP contribution in [0.25, 0.3) is 11.3 Å². The third kappa shape index (κ3) is 5.35. The van der Waals surface area contributed by atoms with Crippen molar-refractivity contribution < 1.29 is 18.0 Å². The van der Waals surface area contributed by atoms with Gasteiger partial charge in [-0.3, -0.25) is 9.59 Å². The first-order chi connectivity index (χ1) is 16.2. The summed E-state index contributed by atoms with van der Waals surface area (Å²) < 4.78 is 25.6. The van der Waals surface area contributed by atoms with Crippen molar-refractivity contribution in [2.24, 2.45) is 0 Å². The number of amides is 2. The molecule has 0 bridgehead atoms. The minimum absolute atomic E-state index is 0.00657. The highest BCUT2D eigenvalue weighted by Gasteiger charge is 2.19. The maximum Gasteiger partial charge on any atom is 0.251 e. The highest BCUT2D eigenvalue weighted by molar-refractivity contribution is 7.89. The largest absolute Gasteiger partial charge is 0.343 e. The summed E-state index contributed by atoms with van der Waals surface area (Å²) in [4.78, 5) is 29.3. The molecule has 4 rings (SSSR count). The molecule has 2 N–H and O–H groups in total. The Morgan fingerprint density at radius 3 is 2.59 bits per heavy atom. The van der Waals surface area contributed by atoms with Crippen LogP contribution < -0.4 is 10.6 Å². The molecule has 8 nitrogen and oxygen atoms in total. The third-order valence-electron chi connectivity index (χ3n) is 5.68. The van der Waals surface area contributed by atoms with E-state index >= 15 is 0 Å². The molecule has 2 aromatic carbocycles. The fourth-order valence-corrected chi connectivity index (χ4v) is 5.48. The van der Waals surface area contributed by atoms with Crippen molar-refractivity contribution in [3.05, 3.63) is 64.5 Å². The Labute approximate surface area is 203 Å². The van der Waals surface area contributed by atoms with Crippen molar-refractivity contribution in [1.82, 2.24) is 14.6 Å². The van der Waals surface area contributed by atoms with Crippen molar-refractivity contribution >= 4 is 38.3 Å². The molecular weight excluding hydrogens is 472 g/mol. The number of hydrogen-bond acceptors (Lipinski definition) is 6. The van der Waals surface area contributed by atoms with Crippen LogP contribution in [0, 0.1) is 0 Å². The van der Waals surface area contributed by atoms with Gasteiger partial charge in [0, 0.05) is 30.6 Å². The van der Waals surface area contributed by atoms with Crippen LogP contribution in [0.5, 0.6) is 0 Å². The van der Waals surface area contributed by atoms with Crippen LogP contribution in [0.15, 0.2) is 52.7 Å². The number of aryl methyl sites for hydroxylation is 2. The molecule has 0 unspecified atom stereocenters. The monoisotopic (exact) mass is 498 g/mol. The van der Waals surface area contributed by atoms with Crippen molar-refractivity contribution in [2.75, 3.05) is 26.0 Å². The lowest BCUT2D eigenvalue weighted by atomic mass is 9.90. The van der Waals surface area contributed by atoms with Crippen LogP contribution >= 0.6 is 11.3 Å². The van der Waals surface area contributed by atoms with Gasteiger partial charge in [0.1, 0.15) is 0 Å². The van der Waals surface area contributed by atoms with Gasteiger partial charge in [0.25, 0.3) is 5.91 Å². The molecule has 178 valence electrons. The van der Waals surface area contributed by atoms with Gasteiger partial charge in [-0.1, -0.05) is 18.2 Å². The number of sulfonamides is 1. The van der Waals surface area contributed by atoms with Crippen molar-refractivity contribution in [1.29, 1.82) is 0 Å². The Bertz CT molecular complexity index is 1330. The van der Waals surface area contributed by atoms with Gasteiger partial charge in [-0.15, -0.1) is 11.3 Å². The van der Waals surface area contributed by atoms with Gasteiger partial charge in [0.15, 0.2) is 5.13 Å². The van der Waals surface area contributed by atoms with Gasteiger partial charge in [-0.2, -0.15) is 0 Å². The number of benzene rings is 2. The molecule has 0 spiro atoms. The van der Waals surface area contributed by atoms with Crippen LogP contribution in [0.2, 0.25) is 0 Å². The van der Waals surface area contributed by atoms with E-state index in [4.69, 9.17) is 0 Å². The average Bonchev–Trinajstić information content (AvgIpc) is 3.30. The topological polar surface area (TPSA) is 108 Å². The molecule has 34 heavy (non-hydrogen) atoms. The normalized spacial score (nSPS) is 13.4. The number of rotatable bonds is 7. The van der Waals surface area contributed by atoms with E-state index in [1.165, 1.54) is 73.7 Å². The zero-order chi connectivity index (χ0) is 24.3. The van der Waals surface area contributed by atoms with Gasteiger partial charge in [-0.25, -0.2) is 17.7 Å². The summed E-state index contributed by atoms with van der Waals surface area (Å²) >= 11 is 1.32. The number of carbonyl (C=O) groups excluding carboxylic acids is 2. The zero-order valence-corrected chi connectivity index (χ0v) is 20.6. The minimum Gasteiger partial charge on any atom is -0.343 e. The Morgan fingerprint density at radius 1 is 1.06 bits per heavy atom. The molecule has 0 aliphatic heterocycles. The van der Waals surface area contributed by atoms with E-state index in [9.17, 15) is 18.0 Å². The molecule has 0 saturated heterocycles. The van der Waals surface area contributed by atoms with Crippen LogP contribution in [0.4, 0.5) is 5.13 Å². The fraction of sp³-hybridized carbons (Fsp3) is 0.292. The van der Waals surface area contributed by atoms with E-state index < -0.39 is 21.8 Å². The number of aromatic nitrogens is 1. The number of nitrogens with zero attached hydrogens (tertiary/aromatic N) is 2. The van der Waals surface area contributed by atoms with Crippen LogP contribution in [-0.2, 0) is 27.7 Å². The van der Waals surface area contributed by atoms with Gasteiger partial charge < -0.3 is 10.6 Å². The smallest absolute Gasteiger partial charge is 0.251 e. The second kappa shape index (κ2) is 10.0. The predicted octanol–water partition coefficient (Wildman–Crippen LogP) is 3.31. The first-order valence-corrected chi connectivity index (χ1v) is 13.2. The summed E-state index contributed by atoms with van der Waals surface area (Å²) in [6.45, 7) is -0.267. The highest BCUT2D eigenvalue weighted by Crippen LogP contribution is 2.29. The van der Waals surface area contributed by atoms with Crippen LogP contribution in [0.3, 0.4) is 0 Å². The standard InChI is InChI=1S/C24H26N4O4S2/c1-28(2)34(31,32)20-9-5-8-19(13-20)23(30)25-14-22(29)27-24-26-21(15-33-24)18-11-10-16-6-3-4-7-17(16)12-18/h5,8-13,15H,3-4,6-7,14H2,1-2H3,(H,25,30)(H,26,27,29). The maximum atomic E-state index is 12.4. The molecule has 1 aromatic heterocycles. The van der Waals surface area contributed by atoms with E-state index in [2.05, 4.69) is 33.8 Å². The number of thiazole rings is 1. The highest BCUT2D eigenvalue weighted by atomic mass is 32.2. The second-order valence-corrected chi connectivity index (χ2v) is 11.3. The Hall–Kier alpha value is -3.08. The summed E-state index contributed by atoms with van der Waals surface area (Å²) in [6.07, 6.45) is 4.64. The van der Waals surface area contributed by atoms with E-state index in [0.29, 0.717) is 5.13 Å². The van der Waals surface area contributed by atoms with Crippen LogP contribution in [-0.4, -0.2) is 50.2 Å². The predicted molar refractivity (Wildman–Crippen MR) is 132 cm³/mol. The number of carbonyl (C=O) groups is 2. The summed E-state index contributed by atoms with van der Waals surface area (Å²) in [5, 5.41) is 7.57. The number of anilines is 1. The molecule has 10 heteroatoms. The molecule has 1 aliphatic carbocycles. The van der Waals surface area contributed by atoms with E-state index in [0.717, 1.165) is 28.4 Å². The fourth-order valence-electron chi connectivity index (χ4n) is 3.79. The van der Waals surface area contributed by atoms with Crippen molar-refractivity contribution in [3.8, 4) is 11.3 Å². The molecule has 0 saturated carbocycles. The number of fused-ring (bicyclic) bond motifs is 1. The molecule has 0 atom stereocenters. The lowest BCUT2D eigenvalue weighted by Gasteiger charge is -2.16. The summed E-state index contributed by atoms with van der Waals surface area (Å²) in [7, 11) is -0.826. The maximum absolute atomic E-state index is 12.4. The number of nitrogens with one attached hydrogen (secondary N) is 2. The quantitative estimate of drug-likeness (QED) is 0.520. The SMILES string of the molecule is CN(C)S(=O)(=O)c1cccc(C(=O)NCC(=O)Nc2nc(-c3ccc4c(c3)CCCC4)cs2)c1. The third-order valence-corrected chi connectivity index (χ3v) is 8.25. The Balaban J connectivity index is 1.35. The zero-order valence-electron chi connectivity index (χ0n) is 19.0. The lowest BCUT2D eigenvalue weighted by molar-refractivity contribution is -0.115. The van der Waals surface area contributed by atoms with Gasteiger partial charge in [0.2, 0.25) is 15.9 Å². The molecule has 3 aromatic rings. The van der Waals surface area contributed by atoms with E-state index in [1.807, 2.05) is 5.38 Å². The van der Waals surface area contributed by atoms with Gasteiger partial charge >= 0.3 is 0 Å². The molecule has 1 aliphatic rings. The van der Waals surface area contributed by atoms with Crippen molar-refractivity contribution in [3.63, 3.8) is 0 Å². The average molecular weight is 499 g/mol. The second-order valence-electron chi connectivity index (χ2n) is 8.27. The van der Waals surface area contributed by atoms with Crippen molar-refractivity contribution in [2.45, 2.75) is 30.6 Å². The summed E-state index contributed by atoms with van der Waals surface area (Å²) in [5.74, 6) is -0.961. The minimum atomic E-state index is -3.66. The van der Waals surface area contributed by atoms with E-state index in [1.54, 1.807) is 0 Å². The summed E-state index contributed by atoms with van der Waals surface area (Å²) in [6, 6.07) is 12.1. The Kier molecular flexibility index (Phi) is 7.11. The Morgan fingerprint density at radius 2 is 1.82 bits per heavy atom. The lowest BCUT2D eigenvalue weighted by Crippen LogP contribution is -2.33. The first kappa shape index (κ1) is 24.1. The molecular formula is C24H26N4O4S2. The van der Waals surface area contributed by atoms with Gasteiger partial charge in [0.05, 0.1) is 17.1 Å². The van der Waals surface area contributed by atoms with E-state index in [-0.39, 0.29) is 17.0 Å². The van der Waals surface area contributed by atoms with Crippen LogP contribution in [0.1, 0.15) is 34.3 Å². The first-order valence-electron chi connectivity index (χ1n) is 10.9. The molecule has 0 radical (unpaired) electrons. The van der Waals surface area contributed by atoms with Gasteiger partial charge in [-0.05, 0) is 61.1 Å².